The van der Waals surface area contributed by atoms with Gasteiger partial charge in [-0.1, -0.05) is 30.3 Å². The van der Waals surface area contributed by atoms with Gasteiger partial charge in [-0.2, -0.15) is 9.97 Å². The molecule has 3 aromatic rings. The third-order valence-corrected chi connectivity index (χ3v) is 7.88. The fourth-order valence-corrected chi connectivity index (χ4v) is 6.22. The summed E-state index contributed by atoms with van der Waals surface area (Å²) in [5.41, 5.74) is 10.0. The normalized spacial score (nSPS) is 34.9. The molecule has 2 saturated heterocycles. The highest BCUT2D eigenvalue weighted by Crippen LogP contribution is 2.63. The van der Waals surface area contributed by atoms with Crippen molar-refractivity contribution >= 4 is 30.6 Å². The maximum Gasteiger partial charge on any atom is 0.478 e. The Morgan fingerprint density at radius 3 is 2.60 bits per heavy atom. The molecule has 4 heterocycles. The van der Waals surface area contributed by atoms with Crippen LogP contribution in [0, 0.1) is 0 Å². The molecule has 12 nitrogen and oxygen atoms in total. The van der Waals surface area contributed by atoms with Crippen molar-refractivity contribution in [1.82, 2.24) is 14.5 Å². The third kappa shape index (κ3) is 4.31. The number of rotatable bonds is 4. The molecule has 2 aliphatic rings. The van der Waals surface area contributed by atoms with Crippen molar-refractivity contribution in [2.45, 2.75) is 63.1 Å². The summed E-state index contributed by atoms with van der Waals surface area (Å²) in [6.45, 7) is 4.90. The van der Waals surface area contributed by atoms with E-state index >= 15 is 0 Å². The van der Waals surface area contributed by atoms with Gasteiger partial charge in [-0.3, -0.25) is 13.6 Å². The van der Waals surface area contributed by atoms with E-state index in [-0.39, 0.29) is 17.4 Å². The van der Waals surface area contributed by atoms with Crippen LogP contribution in [-0.4, -0.2) is 48.3 Å². The Hall–Kier alpha value is -2.57. The van der Waals surface area contributed by atoms with Gasteiger partial charge in [0.05, 0.1) is 17.1 Å². The van der Waals surface area contributed by atoms with Crippen molar-refractivity contribution in [3.63, 3.8) is 0 Å². The Morgan fingerprint density at radius 2 is 1.89 bits per heavy atom. The fraction of sp³-hybridized carbons (Fsp3) is 0.455. The highest BCUT2D eigenvalue weighted by Gasteiger charge is 2.57. The van der Waals surface area contributed by atoms with Gasteiger partial charge in [-0.15, -0.1) is 0 Å². The van der Waals surface area contributed by atoms with Gasteiger partial charge in [0.25, 0.3) is 0 Å². The van der Waals surface area contributed by atoms with Crippen LogP contribution in [0.15, 0.2) is 42.6 Å². The van der Waals surface area contributed by atoms with E-state index in [0.29, 0.717) is 11.8 Å². The number of phosphoric ester groups is 1. The van der Waals surface area contributed by atoms with E-state index in [0.717, 1.165) is 5.56 Å². The average molecular weight is 505 g/mol. The zero-order valence-electron chi connectivity index (χ0n) is 19.4. The molecular formula is C22H28N5O7P. The first-order chi connectivity index (χ1) is 16.4. The quantitative estimate of drug-likeness (QED) is 0.383. The van der Waals surface area contributed by atoms with Crippen molar-refractivity contribution in [2.24, 2.45) is 0 Å². The molecule has 2 fully saturated rings. The maximum absolute atomic E-state index is 13.6. The predicted molar refractivity (Wildman–Crippen MR) is 126 cm³/mol. The highest BCUT2D eigenvalue weighted by atomic mass is 31.2. The molecule has 6 N–H and O–H groups in total. The summed E-state index contributed by atoms with van der Waals surface area (Å²) in [5, 5.41) is 22.5. The fourth-order valence-electron chi connectivity index (χ4n) is 4.47. The predicted octanol–water partition coefficient (Wildman–Crippen LogP) is 2.64. The molecule has 0 spiro atoms. The molecule has 1 aromatic carbocycles. The molecule has 188 valence electrons. The SMILES string of the molecule is CC1(C)C[C@@H](c2ccccc2)O[P@@](=O)(OC2O[C@@H](n3ccc4c(N)nc(N)nc43)[C@](C)(O)[C@@H]2O)O1. The van der Waals surface area contributed by atoms with Gasteiger partial charge < -0.3 is 31.0 Å². The average Bonchev–Trinajstić information content (AvgIpc) is 3.27. The van der Waals surface area contributed by atoms with Crippen LogP contribution in [0.25, 0.3) is 11.0 Å². The largest absolute Gasteiger partial charge is 0.478 e. The molecule has 0 radical (unpaired) electrons. The van der Waals surface area contributed by atoms with Crippen molar-refractivity contribution in [3.8, 4) is 0 Å². The number of nitrogen functional groups attached to an aromatic ring is 2. The van der Waals surface area contributed by atoms with E-state index < -0.39 is 43.8 Å². The number of aliphatic hydroxyl groups is 2. The molecule has 5 rings (SSSR count). The Bertz CT molecular complexity index is 1300. The number of anilines is 2. The van der Waals surface area contributed by atoms with E-state index in [1.807, 2.05) is 30.3 Å². The van der Waals surface area contributed by atoms with E-state index in [1.54, 1.807) is 26.1 Å². The second-order valence-corrected chi connectivity index (χ2v) is 11.1. The lowest BCUT2D eigenvalue weighted by Gasteiger charge is -2.39. The van der Waals surface area contributed by atoms with Gasteiger partial charge in [-0.05, 0) is 32.4 Å². The van der Waals surface area contributed by atoms with E-state index in [4.69, 9.17) is 29.8 Å². The minimum atomic E-state index is -4.24. The summed E-state index contributed by atoms with van der Waals surface area (Å²) in [6, 6.07) is 10.9. The van der Waals surface area contributed by atoms with E-state index in [2.05, 4.69) is 9.97 Å². The van der Waals surface area contributed by atoms with Crippen LogP contribution in [0.3, 0.4) is 0 Å². The molecule has 2 aromatic heterocycles. The van der Waals surface area contributed by atoms with Crippen molar-refractivity contribution < 1.29 is 33.1 Å². The lowest BCUT2D eigenvalue weighted by atomic mass is 9.96. The van der Waals surface area contributed by atoms with Gasteiger partial charge in [-0.25, -0.2) is 4.57 Å². The highest BCUT2D eigenvalue weighted by molar-refractivity contribution is 7.48. The number of fused-ring (bicyclic) bond motifs is 1. The van der Waals surface area contributed by atoms with Gasteiger partial charge in [0.15, 0.2) is 6.23 Å². The molecule has 0 bridgehead atoms. The molecule has 0 saturated carbocycles. The van der Waals surface area contributed by atoms with Crippen LogP contribution in [0.2, 0.25) is 0 Å². The molecule has 1 unspecified atom stereocenters. The summed E-state index contributed by atoms with van der Waals surface area (Å²) >= 11 is 0. The van der Waals surface area contributed by atoms with Gasteiger partial charge in [0.2, 0.25) is 12.2 Å². The Kier molecular flexibility index (Phi) is 5.68. The van der Waals surface area contributed by atoms with Gasteiger partial charge >= 0.3 is 7.82 Å². The molecule has 0 aliphatic carbocycles. The summed E-state index contributed by atoms with van der Waals surface area (Å²) in [7, 11) is -4.24. The number of aliphatic hydroxyl groups excluding tert-OH is 1. The first-order valence-corrected chi connectivity index (χ1v) is 12.5. The number of ether oxygens (including phenoxy) is 1. The minimum Gasteiger partial charge on any atom is -0.385 e. The lowest BCUT2D eigenvalue weighted by Crippen LogP contribution is -2.44. The molecule has 35 heavy (non-hydrogen) atoms. The number of phosphoric acid groups is 1. The second-order valence-electron chi connectivity index (χ2n) is 9.57. The Morgan fingerprint density at radius 1 is 1.17 bits per heavy atom. The molecule has 13 heteroatoms. The zero-order valence-corrected chi connectivity index (χ0v) is 20.3. The van der Waals surface area contributed by atoms with E-state index in [1.165, 1.54) is 11.5 Å². The number of aromatic nitrogens is 3. The first-order valence-electron chi connectivity index (χ1n) is 11.1. The second kappa shape index (κ2) is 8.24. The lowest BCUT2D eigenvalue weighted by molar-refractivity contribution is -0.156. The number of nitrogens with zero attached hydrogens (tertiary/aromatic N) is 3. The summed E-state index contributed by atoms with van der Waals surface area (Å²) in [6.07, 6.45) is -2.93. The molecular weight excluding hydrogens is 477 g/mol. The Labute approximate surface area is 201 Å². The summed E-state index contributed by atoms with van der Waals surface area (Å²) < 4.78 is 38.1. The van der Waals surface area contributed by atoms with E-state index in [9.17, 15) is 14.8 Å². The van der Waals surface area contributed by atoms with Crippen LogP contribution < -0.4 is 11.5 Å². The van der Waals surface area contributed by atoms with Crippen LogP contribution in [0.4, 0.5) is 11.8 Å². The number of nitrogens with two attached hydrogens (primary N) is 2. The van der Waals surface area contributed by atoms with Crippen LogP contribution in [-0.2, 0) is 22.9 Å². The van der Waals surface area contributed by atoms with Crippen LogP contribution in [0.1, 0.15) is 45.1 Å². The summed E-state index contributed by atoms with van der Waals surface area (Å²) in [4.78, 5) is 8.10. The van der Waals surface area contributed by atoms with Crippen molar-refractivity contribution in [3.05, 3.63) is 48.2 Å². The summed E-state index contributed by atoms with van der Waals surface area (Å²) in [5.74, 6) is 0.0865. The molecule has 0 amide bonds. The van der Waals surface area contributed by atoms with Crippen molar-refractivity contribution in [1.29, 1.82) is 0 Å². The maximum atomic E-state index is 13.6. The minimum absolute atomic E-state index is 0.0661. The molecule has 6 atom stereocenters. The van der Waals surface area contributed by atoms with Crippen molar-refractivity contribution in [2.75, 3.05) is 11.5 Å². The first kappa shape index (κ1) is 24.1. The number of hydrogen-bond donors (Lipinski definition) is 4. The number of hydrogen-bond acceptors (Lipinski definition) is 11. The standard InChI is InChI=1S/C22H28N5O7P/c1-21(2)11-14(12-7-5-4-6-8-12)32-35(30,34-21)33-18-15(28)22(3,29)19(31-18)27-10-9-13-16(23)25-20(24)26-17(13)27/h4-10,14-15,18-19,28-29H,11H2,1-3H3,(H4,23,24,25,26)/t14-,15+,18?,19+,22+,35-/m0/s1. The Balaban J connectivity index is 1.44. The zero-order chi connectivity index (χ0) is 25.2. The van der Waals surface area contributed by atoms with Crippen LogP contribution in [0.5, 0.6) is 0 Å². The number of benzene rings is 1. The van der Waals surface area contributed by atoms with Gasteiger partial charge in [0, 0.05) is 12.6 Å². The third-order valence-electron chi connectivity index (χ3n) is 6.19. The van der Waals surface area contributed by atoms with Crippen LogP contribution >= 0.6 is 7.82 Å². The topological polar surface area (TPSA) is 177 Å². The molecule has 2 aliphatic heterocycles. The smallest absolute Gasteiger partial charge is 0.385 e. The van der Waals surface area contributed by atoms with Gasteiger partial charge in [0.1, 0.15) is 23.2 Å². The monoisotopic (exact) mass is 505 g/mol.